The lowest BCUT2D eigenvalue weighted by Gasteiger charge is -2.15. The van der Waals surface area contributed by atoms with E-state index in [9.17, 15) is 0 Å². The van der Waals surface area contributed by atoms with Crippen LogP contribution in [0.3, 0.4) is 0 Å². The maximum atomic E-state index is 5.04. The van der Waals surface area contributed by atoms with Gasteiger partial charge in [-0.05, 0) is 98.4 Å². The minimum Gasteiger partial charge on any atom is -0.366 e. The molecule has 4 aromatic carbocycles. The molecule has 11 heteroatoms. The largest absolute Gasteiger partial charge is 0.366 e. The molecule has 0 aliphatic carbocycles. The predicted molar refractivity (Wildman–Crippen MR) is 261 cm³/mol. The second-order valence-electron chi connectivity index (χ2n) is 15.9. The fraction of sp³-hybridized carbons (Fsp3) is 0.288. The molecule has 7 aromatic rings. The van der Waals surface area contributed by atoms with E-state index in [0.29, 0.717) is 12.5 Å². The third kappa shape index (κ3) is 12.8. The number of nitrogens with zero attached hydrogens (tertiary/aromatic N) is 5. The molecule has 3 aromatic heterocycles. The number of fused-ring (bicyclic) bond motifs is 4. The van der Waals surface area contributed by atoms with E-state index in [4.69, 9.17) is 9.98 Å². The van der Waals surface area contributed by atoms with Crippen LogP contribution in [0.15, 0.2) is 138 Å². The maximum absolute atomic E-state index is 5.04. The molecule has 8 rings (SSSR count). The molecule has 0 saturated heterocycles. The number of aryl methyl sites for hydroxylation is 4. The first-order valence-corrected chi connectivity index (χ1v) is 22.4. The Labute approximate surface area is 372 Å². The van der Waals surface area contributed by atoms with Crippen LogP contribution in [0.4, 0.5) is 23.4 Å². The van der Waals surface area contributed by atoms with E-state index in [2.05, 4.69) is 159 Å². The number of para-hydroxylation sites is 1. The number of amidine groups is 1. The molecular formula is C52H61N11. The summed E-state index contributed by atoms with van der Waals surface area (Å²) in [5, 5.41) is 29.9. The molecule has 1 aliphatic rings. The molecule has 0 unspecified atom stereocenters. The Morgan fingerprint density at radius 3 is 2.40 bits per heavy atom. The van der Waals surface area contributed by atoms with Crippen molar-refractivity contribution in [3.05, 3.63) is 178 Å². The molecule has 2 bridgehead atoms. The first kappa shape index (κ1) is 44.1. The monoisotopic (exact) mass is 840 g/mol. The fourth-order valence-corrected chi connectivity index (χ4v) is 7.49. The average Bonchev–Trinajstić information content (AvgIpc) is 3.95. The van der Waals surface area contributed by atoms with Gasteiger partial charge in [-0.25, -0.2) is 9.98 Å². The van der Waals surface area contributed by atoms with Crippen LogP contribution < -0.4 is 21.3 Å². The number of anilines is 4. The van der Waals surface area contributed by atoms with Crippen molar-refractivity contribution < 1.29 is 0 Å². The van der Waals surface area contributed by atoms with E-state index in [-0.39, 0.29) is 0 Å². The van der Waals surface area contributed by atoms with Gasteiger partial charge in [-0.3, -0.25) is 10.2 Å². The zero-order chi connectivity index (χ0) is 43.6. The minimum atomic E-state index is 0.596. The van der Waals surface area contributed by atoms with E-state index < -0.39 is 0 Å². The van der Waals surface area contributed by atoms with Crippen molar-refractivity contribution in [1.29, 1.82) is 0 Å². The highest BCUT2D eigenvalue weighted by molar-refractivity contribution is 6.09. The lowest BCUT2D eigenvalue weighted by molar-refractivity contribution is 0.705. The Balaban J connectivity index is 0.000000190. The number of unbranched alkanes of at least 4 members (excludes halogenated alkanes) is 2. The van der Waals surface area contributed by atoms with Crippen LogP contribution in [0, 0.1) is 13.8 Å². The number of benzene rings is 4. The molecule has 4 heterocycles. The summed E-state index contributed by atoms with van der Waals surface area (Å²) in [5.74, 6) is 4.53. The van der Waals surface area contributed by atoms with Gasteiger partial charge in [0.1, 0.15) is 17.5 Å². The van der Waals surface area contributed by atoms with Crippen molar-refractivity contribution in [2.75, 3.05) is 16.0 Å². The van der Waals surface area contributed by atoms with Crippen LogP contribution in [0.25, 0.3) is 10.9 Å². The van der Waals surface area contributed by atoms with Crippen LogP contribution in [0.5, 0.6) is 0 Å². The first-order chi connectivity index (χ1) is 30.9. The van der Waals surface area contributed by atoms with Crippen molar-refractivity contribution in [3.8, 4) is 0 Å². The van der Waals surface area contributed by atoms with Gasteiger partial charge in [0, 0.05) is 54.0 Å². The normalized spacial score (nSPS) is 15.1. The van der Waals surface area contributed by atoms with Crippen molar-refractivity contribution in [1.82, 2.24) is 35.7 Å². The Hall–Kier alpha value is -7.01. The summed E-state index contributed by atoms with van der Waals surface area (Å²) in [6.07, 6.45) is 16.3. The summed E-state index contributed by atoms with van der Waals surface area (Å²) < 4.78 is 0. The molecule has 0 atom stereocenters. The molecule has 0 saturated carbocycles. The summed E-state index contributed by atoms with van der Waals surface area (Å²) in [7, 11) is 0. The van der Waals surface area contributed by atoms with Crippen molar-refractivity contribution in [2.24, 2.45) is 4.99 Å². The van der Waals surface area contributed by atoms with Crippen LogP contribution >= 0.6 is 0 Å². The molecule has 63 heavy (non-hydrogen) atoms. The van der Waals surface area contributed by atoms with E-state index in [1.165, 1.54) is 41.5 Å². The summed E-state index contributed by atoms with van der Waals surface area (Å²) in [4.78, 5) is 14.5. The number of rotatable bonds is 11. The highest BCUT2D eigenvalue weighted by atomic mass is 15.2. The van der Waals surface area contributed by atoms with E-state index in [0.717, 1.165) is 108 Å². The zero-order valence-electron chi connectivity index (χ0n) is 37.1. The Morgan fingerprint density at radius 2 is 1.56 bits per heavy atom. The van der Waals surface area contributed by atoms with Gasteiger partial charge in [-0.15, -0.1) is 0 Å². The molecular weight excluding hydrogens is 779 g/mol. The molecule has 11 nitrogen and oxygen atoms in total. The number of allylic oxidation sites excluding steroid dienone is 3. The van der Waals surface area contributed by atoms with Gasteiger partial charge in [-0.2, -0.15) is 15.2 Å². The lowest BCUT2D eigenvalue weighted by Crippen LogP contribution is -2.20. The van der Waals surface area contributed by atoms with E-state index >= 15 is 0 Å². The van der Waals surface area contributed by atoms with E-state index in [1.807, 2.05) is 42.5 Å². The van der Waals surface area contributed by atoms with Gasteiger partial charge >= 0.3 is 0 Å². The van der Waals surface area contributed by atoms with Crippen LogP contribution in [-0.2, 0) is 32.4 Å². The molecule has 324 valence electrons. The number of hydrogen-bond donors (Lipinski definition) is 6. The van der Waals surface area contributed by atoms with Gasteiger partial charge in [0.2, 0.25) is 5.95 Å². The van der Waals surface area contributed by atoms with Gasteiger partial charge in [0.05, 0.1) is 5.52 Å². The second kappa shape index (κ2) is 22.7. The van der Waals surface area contributed by atoms with Gasteiger partial charge < -0.3 is 21.3 Å². The summed E-state index contributed by atoms with van der Waals surface area (Å²) >= 11 is 0. The number of nitrogens with one attached hydrogen (secondary N) is 6. The SMILES string of the molecule is CC/C=C1/N=C(\c2ccccc2C)Nc2cc([nH]n2)C/C=C\CCCc2ccccc2CN1.CCCCCc1cc(Nc2nc(NCc3ccccc3C)nc3ccccc23)n[nH]1. The van der Waals surface area contributed by atoms with Gasteiger partial charge in [-0.1, -0.05) is 124 Å². The Bertz CT molecular complexity index is 2630. The third-order valence-electron chi connectivity index (χ3n) is 11.0. The van der Waals surface area contributed by atoms with Crippen molar-refractivity contribution in [2.45, 2.75) is 98.6 Å². The maximum Gasteiger partial charge on any atom is 0.225 e. The van der Waals surface area contributed by atoms with E-state index in [1.54, 1.807) is 0 Å². The quantitative estimate of drug-likeness (QED) is 0.0558. The highest BCUT2D eigenvalue weighted by Gasteiger charge is 2.13. The smallest absolute Gasteiger partial charge is 0.225 e. The average molecular weight is 840 g/mol. The molecule has 0 amide bonds. The van der Waals surface area contributed by atoms with Crippen molar-refractivity contribution in [3.63, 3.8) is 0 Å². The lowest BCUT2D eigenvalue weighted by atomic mass is 10.0. The summed E-state index contributed by atoms with van der Waals surface area (Å²) in [6.45, 7) is 9.99. The van der Waals surface area contributed by atoms with Gasteiger partial charge in [0.15, 0.2) is 11.6 Å². The second-order valence-corrected chi connectivity index (χ2v) is 15.9. The summed E-state index contributed by atoms with van der Waals surface area (Å²) in [5.41, 5.74) is 10.5. The Kier molecular flexibility index (Phi) is 15.9. The number of H-pyrrole nitrogens is 2. The van der Waals surface area contributed by atoms with Crippen LogP contribution in [-0.4, -0.2) is 36.2 Å². The van der Waals surface area contributed by atoms with Gasteiger partial charge in [0.25, 0.3) is 0 Å². The molecule has 0 spiro atoms. The molecule has 1 aliphatic heterocycles. The standard InChI is InChI=1S/C28H33N5.C24H28N6/c1-3-12-26-29-20-23-16-10-9-15-22(23)14-6-4-5-7-17-24-19-27(33-32-24)31-28(30-26)25-18-11-8-13-21(25)2;1-3-4-5-12-19-15-22(30-29-19)27-23-20-13-8-9-14-21(20)26-24(28-23)25-16-18-11-7-6-10-17(18)2/h5,7-13,15-16,18-19,29H,3-4,6,14,17,20H2,1-2H3,(H2,30,31,32,33);6-11,13-15H,3-5,12,16H2,1-2H3,(H3,25,26,27,28,29,30)/b7-5-,26-12+;. The number of aromatic nitrogens is 6. The molecule has 0 radical (unpaired) electrons. The number of aliphatic imine (C=N–C) groups is 1. The number of aromatic amines is 2. The van der Waals surface area contributed by atoms with Crippen LogP contribution in [0.2, 0.25) is 0 Å². The molecule has 0 fully saturated rings. The molecule has 6 N–H and O–H groups in total. The van der Waals surface area contributed by atoms with Crippen molar-refractivity contribution >= 4 is 40.1 Å². The third-order valence-corrected chi connectivity index (χ3v) is 11.0. The Morgan fingerprint density at radius 1 is 0.762 bits per heavy atom. The summed E-state index contributed by atoms with van der Waals surface area (Å²) in [6, 6.07) is 37.5. The number of hydrogen-bond acceptors (Lipinski definition) is 9. The fourth-order valence-electron chi connectivity index (χ4n) is 7.49. The topological polar surface area (TPSA) is 144 Å². The highest BCUT2D eigenvalue weighted by Crippen LogP contribution is 2.26. The predicted octanol–water partition coefficient (Wildman–Crippen LogP) is 11.8. The first-order valence-electron chi connectivity index (χ1n) is 22.4. The zero-order valence-corrected chi connectivity index (χ0v) is 37.1. The van der Waals surface area contributed by atoms with Crippen LogP contribution in [0.1, 0.15) is 97.1 Å². The minimum absolute atomic E-state index is 0.596.